The van der Waals surface area contributed by atoms with E-state index in [0.717, 1.165) is 27.9 Å². The Morgan fingerprint density at radius 1 is 0.590 bits per heavy atom. The molecule has 0 spiro atoms. The van der Waals surface area contributed by atoms with Gasteiger partial charge in [0.2, 0.25) is 0 Å². The normalized spacial score (nSPS) is 10.7. The van der Waals surface area contributed by atoms with Crippen LogP contribution in [0.2, 0.25) is 0 Å². The molecular weight excluding hydrogens is 575 g/mol. The summed E-state index contributed by atoms with van der Waals surface area (Å²) in [6, 6.07) is 19.1. The number of benzene rings is 2. The third kappa shape index (κ3) is 8.15. The molecule has 0 saturated carbocycles. The summed E-state index contributed by atoms with van der Waals surface area (Å²) in [6.45, 7) is 12.9. The van der Waals surface area contributed by atoms with Crippen LogP contribution < -0.4 is 5.11 Å². The second-order valence-corrected chi connectivity index (χ2v) is 9.98. The van der Waals surface area contributed by atoms with Crippen molar-refractivity contribution in [1.82, 2.24) is 29.1 Å². The Hall–Kier alpha value is -3.20. The predicted octanol–water partition coefficient (Wildman–Crippen LogP) is 5.25. The fourth-order valence-corrected chi connectivity index (χ4v) is 3.90. The van der Waals surface area contributed by atoms with Crippen LogP contribution >= 0.6 is 0 Å². The molecule has 9 nitrogen and oxygen atoms in total. The minimum Gasteiger partial charge on any atom is -2.00 e. The Labute approximate surface area is 244 Å². The fourth-order valence-electron chi connectivity index (χ4n) is 3.90. The van der Waals surface area contributed by atoms with Crippen LogP contribution in [0.25, 0.3) is 10.8 Å². The molecule has 3 aromatic heterocycles. The monoisotopic (exact) mass is 611 g/mol. The molecule has 0 atom stereocenters. The quantitative estimate of drug-likeness (QED) is 0.243. The number of aromatic nitrogens is 6. The molecule has 0 saturated heterocycles. The molecule has 3 heterocycles. The average Bonchev–Trinajstić information content (AvgIpc) is 3.61. The maximum absolute atomic E-state index is 10.9. The SMILES string of the molecule is CC(C)c1ccn([B-](n2ccc(C(C)C)n2)n2ccc(C(C)C)n2)n1.[Mo].[O-2].[O-2].[O-]c1ccc2ccccc2c1. The maximum Gasteiger partial charge on any atom is 0.260 e. The van der Waals surface area contributed by atoms with E-state index in [2.05, 4.69) is 59.7 Å². The molecule has 0 fully saturated rings. The number of nitrogens with zero attached hydrogens (tertiary/aromatic N) is 6. The molecule has 5 rings (SSSR count). The van der Waals surface area contributed by atoms with Crippen LogP contribution in [0.3, 0.4) is 0 Å². The molecular formula is C28H34BMoN6O3-6. The molecule has 0 amide bonds. The van der Waals surface area contributed by atoms with Crippen molar-refractivity contribution >= 4 is 17.9 Å². The Balaban J connectivity index is 0.000000460. The summed E-state index contributed by atoms with van der Waals surface area (Å²) in [7, 11) is -0.243. The number of rotatable bonds is 6. The smallest absolute Gasteiger partial charge is 0.260 e. The van der Waals surface area contributed by atoms with Crippen molar-refractivity contribution in [1.29, 1.82) is 0 Å². The van der Waals surface area contributed by atoms with Gasteiger partial charge in [0.25, 0.3) is 7.12 Å². The van der Waals surface area contributed by atoms with Crippen molar-refractivity contribution < 1.29 is 37.1 Å². The van der Waals surface area contributed by atoms with Gasteiger partial charge in [-0.2, -0.15) is 0 Å². The van der Waals surface area contributed by atoms with Crippen LogP contribution in [-0.2, 0) is 32.0 Å². The second-order valence-electron chi connectivity index (χ2n) is 9.98. The van der Waals surface area contributed by atoms with E-state index in [1.165, 1.54) is 0 Å². The molecule has 11 heteroatoms. The first-order chi connectivity index (χ1) is 17.2. The summed E-state index contributed by atoms with van der Waals surface area (Å²) in [5, 5.41) is 27.3. The average molecular weight is 609 g/mol. The molecule has 39 heavy (non-hydrogen) atoms. The minimum absolute atomic E-state index is 0. The van der Waals surface area contributed by atoms with Crippen molar-refractivity contribution in [2.45, 2.75) is 59.3 Å². The van der Waals surface area contributed by atoms with Gasteiger partial charge in [0, 0.05) is 21.1 Å². The predicted molar refractivity (Wildman–Crippen MR) is 146 cm³/mol. The van der Waals surface area contributed by atoms with Gasteiger partial charge < -0.3 is 29.8 Å². The van der Waals surface area contributed by atoms with Crippen molar-refractivity contribution in [3.8, 4) is 5.75 Å². The van der Waals surface area contributed by atoms with E-state index in [9.17, 15) is 5.11 Å². The van der Waals surface area contributed by atoms with Crippen molar-refractivity contribution in [2.24, 2.45) is 0 Å². The van der Waals surface area contributed by atoms with Gasteiger partial charge >= 0.3 is 0 Å². The Bertz CT molecular complexity index is 1320. The van der Waals surface area contributed by atoms with Crippen LogP contribution in [0.4, 0.5) is 0 Å². The molecule has 0 bridgehead atoms. The maximum atomic E-state index is 10.9. The number of fused-ring (bicyclic) bond motifs is 1. The summed E-state index contributed by atoms with van der Waals surface area (Å²) in [6.07, 6.45) is 6.02. The first kappa shape index (κ1) is 33.8. The van der Waals surface area contributed by atoms with Gasteiger partial charge in [-0.1, -0.05) is 84.0 Å². The topological polar surface area (TPSA) is 134 Å². The summed E-state index contributed by atoms with van der Waals surface area (Å²) in [4.78, 5) is 0. The van der Waals surface area contributed by atoms with E-state index >= 15 is 0 Å². The second kappa shape index (κ2) is 14.8. The summed E-state index contributed by atoms with van der Waals surface area (Å²) < 4.78 is 5.80. The number of hydrogen-bond acceptors (Lipinski definition) is 4. The van der Waals surface area contributed by atoms with Gasteiger partial charge in [0.15, 0.2) is 0 Å². The molecule has 0 unspecified atom stereocenters. The van der Waals surface area contributed by atoms with Crippen LogP contribution in [0.1, 0.15) is 76.4 Å². The molecule has 0 N–H and O–H groups in total. The molecule has 0 aliphatic heterocycles. The van der Waals surface area contributed by atoms with Gasteiger partial charge in [-0.15, -0.1) is 5.75 Å². The largest absolute Gasteiger partial charge is 2.00 e. The minimum atomic E-state index is -0.243. The summed E-state index contributed by atoms with van der Waals surface area (Å²) in [5.41, 5.74) is 3.20. The van der Waals surface area contributed by atoms with Crippen molar-refractivity contribution in [2.75, 3.05) is 0 Å². The van der Waals surface area contributed by atoms with Crippen LogP contribution in [0.5, 0.6) is 5.75 Å². The molecule has 5 aromatic rings. The molecule has 0 aliphatic carbocycles. The van der Waals surface area contributed by atoms with Gasteiger partial charge in [-0.3, -0.25) is 0 Å². The molecule has 1 radical (unpaired) electrons. The van der Waals surface area contributed by atoms with E-state index in [0.29, 0.717) is 17.8 Å². The van der Waals surface area contributed by atoms with Gasteiger partial charge in [0.05, 0.1) is 17.1 Å². The van der Waals surface area contributed by atoms with E-state index in [-0.39, 0.29) is 44.9 Å². The first-order valence-corrected chi connectivity index (χ1v) is 12.5. The zero-order chi connectivity index (χ0) is 25.8. The van der Waals surface area contributed by atoms with Gasteiger partial charge in [-0.05, 0) is 65.3 Å². The molecule has 0 aliphatic rings. The van der Waals surface area contributed by atoms with Crippen molar-refractivity contribution in [3.63, 3.8) is 0 Å². The summed E-state index contributed by atoms with van der Waals surface area (Å²) in [5.74, 6) is 1.22. The van der Waals surface area contributed by atoms with Crippen LogP contribution in [0.15, 0.2) is 79.3 Å². The van der Waals surface area contributed by atoms with E-state index < -0.39 is 0 Å². The van der Waals surface area contributed by atoms with Gasteiger partial charge in [-0.25, -0.2) is 15.3 Å². The van der Waals surface area contributed by atoms with Crippen molar-refractivity contribution in [3.05, 3.63) is 96.3 Å². The van der Waals surface area contributed by atoms with Gasteiger partial charge in [0.1, 0.15) is 0 Å². The molecule has 2 aromatic carbocycles. The van der Waals surface area contributed by atoms with E-state index in [1.807, 2.05) is 62.7 Å². The Kier molecular flexibility index (Phi) is 12.9. The third-order valence-electron chi connectivity index (χ3n) is 6.09. The van der Waals surface area contributed by atoms with Crippen LogP contribution in [-0.4, -0.2) is 36.2 Å². The van der Waals surface area contributed by atoms with E-state index in [1.54, 1.807) is 12.1 Å². The van der Waals surface area contributed by atoms with E-state index in [4.69, 9.17) is 15.3 Å². The first-order valence-electron chi connectivity index (χ1n) is 12.5. The third-order valence-corrected chi connectivity index (χ3v) is 6.09. The molecule has 209 valence electrons. The summed E-state index contributed by atoms with van der Waals surface area (Å²) >= 11 is 0. The zero-order valence-corrected chi connectivity index (χ0v) is 25.1. The Morgan fingerprint density at radius 3 is 1.33 bits per heavy atom. The standard InChI is InChI=1S/C18H27BN6.C10H8O.Mo.2O/c1-13(2)16-7-10-23(20-16)19(24-11-8-17(21-24)14(3)4)25-12-9-18(22-25)15(5)6;11-10-6-5-8-3-1-2-4-9(8)7-10;;;/h7-15H,1-6H3;1-7,11H;;;/q-1;;;2*-2/p-1. The van der Waals surface area contributed by atoms with Crippen LogP contribution in [0, 0.1) is 0 Å². The fraction of sp³-hybridized carbons (Fsp3) is 0.321. The number of hydrogen-bond donors (Lipinski definition) is 0. The zero-order valence-electron chi connectivity index (χ0n) is 23.1. The Morgan fingerprint density at radius 2 is 0.974 bits per heavy atom.